The Morgan fingerprint density at radius 2 is 1.90 bits per heavy atom. The monoisotopic (exact) mass is 425 g/mol. The van der Waals surface area contributed by atoms with Crippen LogP contribution in [0.3, 0.4) is 0 Å². The highest BCUT2D eigenvalue weighted by Crippen LogP contribution is 2.44. The second-order valence-electron chi connectivity index (χ2n) is 10.1. The molecule has 0 N–H and O–H groups in total. The summed E-state index contributed by atoms with van der Waals surface area (Å²) in [5.41, 5.74) is 1.20. The number of hydrogen-bond acceptors (Lipinski definition) is 4. The summed E-state index contributed by atoms with van der Waals surface area (Å²) in [6.07, 6.45) is 8.42. The van der Waals surface area contributed by atoms with Gasteiger partial charge in [-0.2, -0.15) is 0 Å². The Morgan fingerprint density at radius 3 is 2.61 bits per heavy atom. The van der Waals surface area contributed by atoms with E-state index < -0.39 is 0 Å². The molecule has 3 aliphatic rings. The van der Waals surface area contributed by atoms with E-state index in [9.17, 15) is 9.59 Å². The predicted octanol–water partition coefficient (Wildman–Crippen LogP) is 5.24. The standard InChI is InChI=1S/C26H35NO4/c1-18-12-13-20(26(2,3)19-9-5-4-6-10-19)23(17-18)31-25(29)27-16-8-7-11-21(27)22-14-15-24(28)30-22/h4-6,9-10,14-15,18,20-23H,7-8,11-13,16-17H2,1-3H3/t18-,20-,21-,22-,23-/m1/s1. The molecule has 5 heteroatoms. The minimum absolute atomic E-state index is 0.0859. The third-order valence-corrected chi connectivity index (χ3v) is 7.59. The summed E-state index contributed by atoms with van der Waals surface area (Å²) in [6.45, 7) is 7.45. The zero-order valence-electron chi connectivity index (χ0n) is 19.0. The van der Waals surface area contributed by atoms with Crippen LogP contribution in [0.2, 0.25) is 0 Å². The maximum absolute atomic E-state index is 13.4. The molecule has 1 saturated carbocycles. The fraction of sp³-hybridized carbons (Fsp3) is 0.615. The number of likely N-dealkylation sites (tertiary alicyclic amines) is 1. The second-order valence-corrected chi connectivity index (χ2v) is 10.1. The molecule has 31 heavy (non-hydrogen) atoms. The molecule has 2 aliphatic heterocycles. The molecule has 2 fully saturated rings. The van der Waals surface area contributed by atoms with Crippen LogP contribution in [0.4, 0.5) is 4.79 Å². The van der Waals surface area contributed by atoms with Gasteiger partial charge < -0.3 is 14.4 Å². The van der Waals surface area contributed by atoms with E-state index in [1.807, 2.05) is 11.0 Å². The molecule has 2 heterocycles. The van der Waals surface area contributed by atoms with Gasteiger partial charge in [0.1, 0.15) is 12.2 Å². The van der Waals surface area contributed by atoms with Gasteiger partial charge in [-0.05, 0) is 55.1 Å². The third kappa shape index (κ3) is 4.65. The zero-order chi connectivity index (χ0) is 22.0. The molecule has 5 nitrogen and oxygen atoms in total. The minimum Gasteiger partial charge on any atom is -0.453 e. The van der Waals surface area contributed by atoms with Gasteiger partial charge in [-0.3, -0.25) is 0 Å². The van der Waals surface area contributed by atoms with Crippen molar-refractivity contribution in [1.29, 1.82) is 0 Å². The molecule has 0 spiro atoms. The van der Waals surface area contributed by atoms with Crippen LogP contribution in [-0.2, 0) is 19.7 Å². The van der Waals surface area contributed by atoms with Gasteiger partial charge in [0.15, 0.2) is 0 Å². The Hall–Kier alpha value is -2.30. The van der Waals surface area contributed by atoms with Crippen molar-refractivity contribution >= 4 is 12.1 Å². The van der Waals surface area contributed by atoms with Gasteiger partial charge in [-0.25, -0.2) is 9.59 Å². The van der Waals surface area contributed by atoms with Gasteiger partial charge in [-0.1, -0.05) is 57.5 Å². The molecule has 1 saturated heterocycles. The van der Waals surface area contributed by atoms with E-state index in [1.54, 1.807) is 6.08 Å². The van der Waals surface area contributed by atoms with Gasteiger partial charge in [0.2, 0.25) is 0 Å². The average Bonchev–Trinajstić information content (AvgIpc) is 3.20. The molecule has 0 bridgehead atoms. The summed E-state index contributed by atoms with van der Waals surface area (Å²) in [4.78, 5) is 26.7. The molecule has 0 unspecified atom stereocenters. The quantitative estimate of drug-likeness (QED) is 0.619. The van der Waals surface area contributed by atoms with Crippen LogP contribution < -0.4 is 0 Å². The lowest BCUT2D eigenvalue weighted by atomic mass is 9.64. The molecular formula is C26H35NO4. The Balaban J connectivity index is 1.51. The van der Waals surface area contributed by atoms with Crippen LogP contribution in [0.5, 0.6) is 0 Å². The maximum Gasteiger partial charge on any atom is 0.410 e. The van der Waals surface area contributed by atoms with Crippen LogP contribution in [0.25, 0.3) is 0 Å². The van der Waals surface area contributed by atoms with E-state index in [0.29, 0.717) is 12.5 Å². The van der Waals surface area contributed by atoms with Crippen molar-refractivity contribution in [3.63, 3.8) is 0 Å². The fourth-order valence-electron chi connectivity index (χ4n) is 5.68. The molecule has 4 rings (SSSR count). The van der Waals surface area contributed by atoms with E-state index in [-0.39, 0.29) is 41.6 Å². The first-order valence-electron chi connectivity index (χ1n) is 11.8. The summed E-state index contributed by atoms with van der Waals surface area (Å²) in [7, 11) is 0. The molecule has 1 aromatic rings. The Kier molecular flexibility index (Phi) is 6.40. The largest absolute Gasteiger partial charge is 0.453 e. The van der Waals surface area contributed by atoms with E-state index in [1.165, 1.54) is 11.6 Å². The first kappa shape index (κ1) is 21.9. The predicted molar refractivity (Wildman–Crippen MR) is 120 cm³/mol. The van der Waals surface area contributed by atoms with Crippen molar-refractivity contribution in [3.8, 4) is 0 Å². The highest BCUT2D eigenvalue weighted by molar-refractivity contribution is 5.84. The fourth-order valence-corrected chi connectivity index (χ4v) is 5.68. The summed E-state index contributed by atoms with van der Waals surface area (Å²) >= 11 is 0. The highest BCUT2D eigenvalue weighted by atomic mass is 16.6. The van der Waals surface area contributed by atoms with Crippen LogP contribution in [-0.4, -0.2) is 41.8 Å². The number of esters is 1. The number of rotatable bonds is 4. The lowest BCUT2D eigenvalue weighted by molar-refractivity contribution is -0.141. The van der Waals surface area contributed by atoms with E-state index in [0.717, 1.165) is 38.5 Å². The molecule has 1 aliphatic carbocycles. The molecule has 0 radical (unpaired) electrons. The molecule has 0 aromatic heterocycles. The SMILES string of the molecule is C[C@@H]1CC[C@@H](C(C)(C)c2ccccc2)[C@H](OC(=O)N2CCCC[C@@H]2[C@H]2C=CC(=O)O2)C1. The lowest BCUT2D eigenvalue weighted by Crippen LogP contribution is -2.52. The van der Waals surface area contributed by atoms with Gasteiger partial charge in [0.25, 0.3) is 0 Å². The van der Waals surface area contributed by atoms with Crippen molar-refractivity contribution in [1.82, 2.24) is 4.90 Å². The lowest BCUT2D eigenvalue weighted by Gasteiger charge is -2.45. The topological polar surface area (TPSA) is 55.8 Å². The number of ether oxygens (including phenoxy) is 2. The molecule has 168 valence electrons. The summed E-state index contributed by atoms with van der Waals surface area (Å²) in [5, 5.41) is 0. The normalized spacial score (nSPS) is 31.4. The van der Waals surface area contributed by atoms with Crippen molar-refractivity contribution in [2.75, 3.05) is 6.54 Å². The number of carbonyl (C=O) groups excluding carboxylic acids is 2. The average molecular weight is 426 g/mol. The summed E-state index contributed by atoms with van der Waals surface area (Å²) in [6, 6.07) is 10.4. The number of amides is 1. The van der Waals surface area contributed by atoms with E-state index >= 15 is 0 Å². The molecule has 1 aromatic carbocycles. The van der Waals surface area contributed by atoms with Crippen LogP contribution in [0.1, 0.15) is 64.9 Å². The summed E-state index contributed by atoms with van der Waals surface area (Å²) in [5.74, 6) is 0.480. The maximum atomic E-state index is 13.4. The number of benzene rings is 1. The van der Waals surface area contributed by atoms with Crippen LogP contribution >= 0.6 is 0 Å². The zero-order valence-corrected chi connectivity index (χ0v) is 19.0. The Morgan fingerprint density at radius 1 is 1.13 bits per heavy atom. The molecule has 1 amide bonds. The number of carbonyl (C=O) groups is 2. The number of piperidine rings is 1. The Bertz CT molecular complexity index is 818. The van der Waals surface area contributed by atoms with Gasteiger partial charge in [0.05, 0.1) is 6.04 Å². The van der Waals surface area contributed by atoms with Crippen LogP contribution in [0.15, 0.2) is 42.5 Å². The number of cyclic esters (lactones) is 1. The minimum atomic E-state index is -0.359. The van der Waals surface area contributed by atoms with Crippen molar-refractivity contribution in [3.05, 3.63) is 48.0 Å². The molecule has 5 atom stereocenters. The summed E-state index contributed by atoms with van der Waals surface area (Å²) < 4.78 is 11.7. The number of hydrogen-bond donors (Lipinski definition) is 0. The van der Waals surface area contributed by atoms with Crippen molar-refractivity contribution < 1.29 is 19.1 Å². The Labute approximate surface area is 185 Å². The van der Waals surface area contributed by atoms with E-state index in [2.05, 4.69) is 45.0 Å². The van der Waals surface area contributed by atoms with Gasteiger partial charge in [0, 0.05) is 18.5 Å². The first-order valence-corrected chi connectivity index (χ1v) is 11.8. The molecular weight excluding hydrogens is 390 g/mol. The van der Waals surface area contributed by atoms with Gasteiger partial charge >= 0.3 is 12.1 Å². The smallest absolute Gasteiger partial charge is 0.410 e. The highest BCUT2D eigenvalue weighted by Gasteiger charge is 2.44. The van der Waals surface area contributed by atoms with E-state index in [4.69, 9.17) is 9.47 Å². The van der Waals surface area contributed by atoms with Crippen molar-refractivity contribution in [2.45, 2.75) is 83.0 Å². The van der Waals surface area contributed by atoms with Crippen LogP contribution in [0, 0.1) is 11.8 Å². The third-order valence-electron chi connectivity index (χ3n) is 7.59. The van der Waals surface area contributed by atoms with Gasteiger partial charge in [-0.15, -0.1) is 0 Å². The first-order chi connectivity index (χ1) is 14.9. The van der Waals surface area contributed by atoms with Crippen molar-refractivity contribution in [2.24, 2.45) is 11.8 Å². The second kappa shape index (κ2) is 9.05. The number of nitrogens with zero attached hydrogens (tertiary/aromatic N) is 1.